The molecule has 1 fully saturated rings. The van der Waals surface area contributed by atoms with Gasteiger partial charge in [-0.3, -0.25) is 4.79 Å². The van der Waals surface area contributed by atoms with Crippen LogP contribution in [0.2, 0.25) is 0 Å². The van der Waals surface area contributed by atoms with Crippen LogP contribution in [0.3, 0.4) is 0 Å². The van der Waals surface area contributed by atoms with E-state index >= 15 is 0 Å². The van der Waals surface area contributed by atoms with Crippen molar-refractivity contribution in [2.75, 3.05) is 27.2 Å². The molecule has 4 heteroatoms. The summed E-state index contributed by atoms with van der Waals surface area (Å²) >= 11 is 0. The maximum absolute atomic E-state index is 10.8. The number of likely N-dealkylation sites (tertiary alicyclic amines) is 1. The third kappa shape index (κ3) is 3.18. The molecule has 0 saturated carbocycles. The predicted molar refractivity (Wildman–Crippen MR) is 57.9 cm³/mol. The molecule has 1 N–H and O–H groups in total. The lowest BCUT2D eigenvalue weighted by Gasteiger charge is -2.40. The Balaban J connectivity index is 2.66. The van der Waals surface area contributed by atoms with Gasteiger partial charge in [-0.25, -0.2) is 0 Å². The summed E-state index contributed by atoms with van der Waals surface area (Å²) in [5.74, 6) is -0.468. The number of carbonyl (C=O) groups is 1. The Morgan fingerprint density at radius 1 is 1.67 bits per heavy atom. The average Bonchev–Trinajstić information content (AvgIpc) is 2.16. The average molecular weight is 215 g/mol. The number of carboxylic acids is 1. The molecule has 0 bridgehead atoms. The van der Waals surface area contributed by atoms with Gasteiger partial charge in [-0.2, -0.15) is 0 Å². The van der Waals surface area contributed by atoms with Gasteiger partial charge in [0.25, 0.3) is 0 Å². The van der Waals surface area contributed by atoms with E-state index in [1.54, 1.807) is 7.11 Å². The predicted octanol–water partition coefficient (Wildman–Crippen LogP) is 1.21. The SMILES string of the molecule is COC(C)(CC(=O)O)C1CCCN(C)C1. The fraction of sp³-hybridized carbons (Fsp3) is 0.909. The van der Waals surface area contributed by atoms with Crippen molar-refractivity contribution in [2.45, 2.75) is 31.8 Å². The number of nitrogens with zero attached hydrogens (tertiary/aromatic N) is 1. The molecular weight excluding hydrogens is 194 g/mol. The normalized spacial score (nSPS) is 27.3. The monoisotopic (exact) mass is 215 g/mol. The van der Waals surface area contributed by atoms with E-state index in [2.05, 4.69) is 11.9 Å². The van der Waals surface area contributed by atoms with Crippen LogP contribution in [-0.4, -0.2) is 48.8 Å². The van der Waals surface area contributed by atoms with Crippen molar-refractivity contribution in [3.05, 3.63) is 0 Å². The van der Waals surface area contributed by atoms with Gasteiger partial charge in [-0.15, -0.1) is 0 Å². The highest BCUT2D eigenvalue weighted by atomic mass is 16.5. The van der Waals surface area contributed by atoms with Gasteiger partial charge in [0.1, 0.15) is 0 Å². The number of ether oxygens (including phenoxy) is 1. The molecule has 1 rings (SSSR count). The molecule has 0 amide bonds. The number of hydrogen-bond acceptors (Lipinski definition) is 3. The van der Waals surface area contributed by atoms with Crippen LogP contribution in [0.4, 0.5) is 0 Å². The summed E-state index contributed by atoms with van der Waals surface area (Å²) in [4.78, 5) is 13.0. The van der Waals surface area contributed by atoms with Crippen LogP contribution in [-0.2, 0) is 9.53 Å². The van der Waals surface area contributed by atoms with Gasteiger partial charge in [0.2, 0.25) is 0 Å². The van der Waals surface area contributed by atoms with E-state index in [1.165, 1.54) is 0 Å². The number of rotatable bonds is 4. The summed E-state index contributed by atoms with van der Waals surface area (Å²) in [5.41, 5.74) is -0.527. The Hall–Kier alpha value is -0.610. The quantitative estimate of drug-likeness (QED) is 0.765. The molecule has 88 valence electrons. The lowest BCUT2D eigenvalue weighted by Crippen LogP contribution is -2.47. The molecule has 1 heterocycles. The molecule has 2 unspecified atom stereocenters. The molecular formula is C11H21NO3. The van der Waals surface area contributed by atoms with Gasteiger partial charge < -0.3 is 14.7 Å². The standard InChI is InChI=1S/C11H21NO3/c1-11(15-3,7-10(13)14)9-5-4-6-12(2)8-9/h9H,4-8H2,1-3H3,(H,13,14). The molecule has 1 aliphatic heterocycles. The number of methoxy groups -OCH3 is 1. The van der Waals surface area contributed by atoms with Gasteiger partial charge in [-0.1, -0.05) is 0 Å². The van der Waals surface area contributed by atoms with Gasteiger partial charge in [0, 0.05) is 19.6 Å². The highest BCUT2D eigenvalue weighted by Gasteiger charge is 2.38. The van der Waals surface area contributed by atoms with Crippen LogP contribution in [0.15, 0.2) is 0 Å². The molecule has 15 heavy (non-hydrogen) atoms. The molecule has 0 radical (unpaired) electrons. The van der Waals surface area contributed by atoms with Crippen LogP contribution in [0.25, 0.3) is 0 Å². The molecule has 2 atom stereocenters. The van der Waals surface area contributed by atoms with E-state index in [4.69, 9.17) is 9.84 Å². The largest absolute Gasteiger partial charge is 0.481 e. The molecule has 1 saturated heterocycles. The first kappa shape index (κ1) is 12.5. The fourth-order valence-corrected chi connectivity index (χ4v) is 2.35. The Morgan fingerprint density at radius 3 is 2.80 bits per heavy atom. The van der Waals surface area contributed by atoms with Crippen molar-refractivity contribution in [2.24, 2.45) is 5.92 Å². The summed E-state index contributed by atoms with van der Waals surface area (Å²) in [7, 11) is 3.68. The maximum Gasteiger partial charge on any atom is 0.306 e. The van der Waals surface area contributed by atoms with E-state index in [0.29, 0.717) is 5.92 Å². The molecule has 0 spiro atoms. The second kappa shape index (κ2) is 4.94. The van der Waals surface area contributed by atoms with Crippen LogP contribution < -0.4 is 0 Å². The Morgan fingerprint density at radius 2 is 2.33 bits per heavy atom. The maximum atomic E-state index is 10.8. The van der Waals surface area contributed by atoms with E-state index in [1.807, 2.05) is 6.92 Å². The van der Waals surface area contributed by atoms with E-state index in [-0.39, 0.29) is 6.42 Å². The van der Waals surface area contributed by atoms with Crippen molar-refractivity contribution < 1.29 is 14.6 Å². The Labute approximate surface area is 91.2 Å². The van der Waals surface area contributed by atoms with Crippen LogP contribution in [0, 0.1) is 5.92 Å². The van der Waals surface area contributed by atoms with Crippen LogP contribution in [0.1, 0.15) is 26.2 Å². The minimum atomic E-state index is -0.785. The Bertz CT molecular complexity index is 232. The summed E-state index contributed by atoms with van der Waals surface area (Å²) in [6.07, 6.45) is 2.27. The van der Waals surface area contributed by atoms with Crippen LogP contribution >= 0.6 is 0 Å². The van der Waals surface area contributed by atoms with Crippen molar-refractivity contribution in [3.63, 3.8) is 0 Å². The zero-order valence-electron chi connectivity index (χ0n) is 9.82. The zero-order chi connectivity index (χ0) is 11.5. The summed E-state index contributed by atoms with van der Waals surface area (Å²) in [5, 5.41) is 8.88. The lowest BCUT2D eigenvalue weighted by atomic mass is 9.80. The van der Waals surface area contributed by atoms with Gasteiger partial charge in [-0.05, 0) is 33.4 Å². The highest BCUT2D eigenvalue weighted by molar-refractivity contribution is 5.68. The van der Waals surface area contributed by atoms with E-state index in [0.717, 1.165) is 25.9 Å². The molecule has 0 aliphatic carbocycles. The first-order valence-electron chi connectivity index (χ1n) is 5.43. The third-order valence-corrected chi connectivity index (χ3v) is 3.46. The van der Waals surface area contributed by atoms with Gasteiger partial charge in [0.15, 0.2) is 0 Å². The molecule has 0 aromatic rings. The van der Waals surface area contributed by atoms with Gasteiger partial charge >= 0.3 is 5.97 Å². The van der Waals surface area contributed by atoms with Crippen molar-refractivity contribution in [1.82, 2.24) is 4.90 Å². The number of carboxylic acid groups (broad SMARTS) is 1. The van der Waals surface area contributed by atoms with Crippen molar-refractivity contribution >= 4 is 5.97 Å². The van der Waals surface area contributed by atoms with Crippen LogP contribution in [0.5, 0.6) is 0 Å². The minimum Gasteiger partial charge on any atom is -0.481 e. The zero-order valence-corrected chi connectivity index (χ0v) is 9.82. The lowest BCUT2D eigenvalue weighted by molar-refractivity contribution is -0.147. The molecule has 4 nitrogen and oxygen atoms in total. The third-order valence-electron chi connectivity index (χ3n) is 3.46. The Kier molecular flexibility index (Phi) is 4.11. The highest BCUT2D eigenvalue weighted by Crippen LogP contribution is 2.32. The summed E-state index contributed by atoms with van der Waals surface area (Å²) in [6.45, 7) is 3.94. The van der Waals surface area contributed by atoms with Gasteiger partial charge in [0.05, 0.1) is 12.0 Å². The molecule has 0 aromatic carbocycles. The van der Waals surface area contributed by atoms with E-state index < -0.39 is 11.6 Å². The van der Waals surface area contributed by atoms with Crippen molar-refractivity contribution in [1.29, 1.82) is 0 Å². The first-order chi connectivity index (χ1) is 6.98. The minimum absolute atomic E-state index is 0.0853. The number of aliphatic carboxylic acids is 1. The summed E-state index contributed by atoms with van der Waals surface area (Å²) < 4.78 is 5.43. The second-order valence-corrected chi connectivity index (χ2v) is 4.69. The molecule has 1 aliphatic rings. The van der Waals surface area contributed by atoms with Crippen molar-refractivity contribution in [3.8, 4) is 0 Å². The summed E-state index contributed by atoms with van der Waals surface area (Å²) in [6, 6.07) is 0. The van der Waals surface area contributed by atoms with E-state index in [9.17, 15) is 4.79 Å². The fourth-order valence-electron chi connectivity index (χ4n) is 2.35. The second-order valence-electron chi connectivity index (χ2n) is 4.69. The molecule has 0 aromatic heterocycles. The number of piperidine rings is 1. The number of hydrogen-bond donors (Lipinski definition) is 1. The first-order valence-corrected chi connectivity index (χ1v) is 5.43. The smallest absolute Gasteiger partial charge is 0.306 e. The topological polar surface area (TPSA) is 49.8 Å².